The number of guanidine groups is 1. The number of benzene rings is 1. The predicted octanol–water partition coefficient (Wildman–Crippen LogP) is 2.70. The van der Waals surface area contributed by atoms with E-state index < -0.39 is 0 Å². The molecule has 1 saturated heterocycles. The molecule has 2 heterocycles. The molecule has 1 saturated carbocycles. The van der Waals surface area contributed by atoms with Crippen molar-refractivity contribution in [1.82, 2.24) is 20.2 Å². The van der Waals surface area contributed by atoms with E-state index in [2.05, 4.69) is 42.2 Å². The Balaban J connectivity index is 1.33. The lowest BCUT2D eigenvalue weighted by Crippen LogP contribution is -2.52. The Labute approximate surface area is 184 Å². The molecule has 0 spiro atoms. The van der Waals surface area contributed by atoms with Gasteiger partial charge in [-0.15, -0.1) is 0 Å². The van der Waals surface area contributed by atoms with E-state index in [1.165, 1.54) is 12.8 Å². The molecule has 1 N–H and O–H groups in total. The maximum absolute atomic E-state index is 6.23. The molecular formula is C23H32N6O2. The molecule has 8 nitrogen and oxygen atoms in total. The van der Waals surface area contributed by atoms with E-state index in [1.54, 1.807) is 19.5 Å². The average Bonchev–Trinajstić information content (AvgIpc) is 3.34. The standard InChI is InChI=1S/C23H32N6O2/c1-24-22(28-12-14-29(15-13-28)23-25-10-5-11-26-23)27-17-18-8-9-20(30-2)21(16-18)31-19-6-3-4-7-19/h5,8-11,16,19H,3-4,6-7,12-15,17H2,1-2H3,(H,24,27). The second-order valence-corrected chi connectivity index (χ2v) is 7.93. The first kappa shape index (κ1) is 21.2. The predicted molar refractivity (Wildman–Crippen MR) is 122 cm³/mol. The van der Waals surface area contributed by atoms with Crippen molar-refractivity contribution in [1.29, 1.82) is 0 Å². The van der Waals surface area contributed by atoms with Gasteiger partial charge in [-0.2, -0.15) is 0 Å². The largest absolute Gasteiger partial charge is 0.493 e. The number of nitrogens with one attached hydrogen (secondary N) is 1. The normalized spacial score (nSPS) is 17.7. The summed E-state index contributed by atoms with van der Waals surface area (Å²) < 4.78 is 11.7. The molecule has 0 bridgehead atoms. The lowest BCUT2D eigenvalue weighted by molar-refractivity contribution is 0.200. The molecule has 1 aromatic heterocycles. The highest BCUT2D eigenvalue weighted by molar-refractivity contribution is 5.80. The molecule has 31 heavy (non-hydrogen) atoms. The van der Waals surface area contributed by atoms with Crippen molar-refractivity contribution in [2.45, 2.75) is 38.3 Å². The topological polar surface area (TPSA) is 75.1 Å². The van der Waals surface area contributed by atoms with Crippen molar-refractivity contribution in [3.8, 4) is 11.5 Å². The minimum atomic E-state index is 0.301. The zero-order chi connectivity index (χ0) is 21.5. The van der Waals surface area contributed by atoms with Gasteiger partial charge in [0.25, 0.3) is 0 Å². The minimum Gasteiger partial charge on any atom is -0.493 e. The minimum absolute atomic E-state index is 0.301. The fraction of sp³-hybridized carbons (Fsp3) is 0.522. The van der Waals surface area contributed by atoms with Gasteiger partial charge in [0.2, 0.25) is 5.95 Å². The summed E-state index contributed by atoms with van der Waals surface area (Å²) in [5.41, 5.74) is 1.14. The summed E-state index contributed by atoms with van der Waals surface area (Å²) >= 11 is 0. The number of aromatic nitrogens is 2. The molecule has 0 unspecified atom stereocenters. The maximum atomic E-state index is 6.23. The zero-order valence-electron chi connectivity index (χ0n) is 18.5. The molecule has 2 fully saturated rings. The van der Waals surface area contributed by atoms with E-state index in [-0.39, 0.29) is 0 Å². The molecule has 0 atom stereocenters. The second-order valence-electron chi connectivity index (χ2n) is 7.93. The summed E-state index contributed by atoms with van der Waals surface area (Å²) in [4.78, 5) is 17.7. The molecular weight excluding hydrogens is 392 g/mol. The lowest BCUT2D eigenvalue weighted by Gasteiger charge is -2.36. The number of hydrogen-bond donors (Lipinski definition) is 1. The Kier molecular flexibility index (Phi) is 7.07. The molecule has 4 rings (SSSR count). The van der Waals surface area contributed by atoms with Crippen LogP contribution in [-0.2, 0) is 6.54 Å². The van der Waals surface area contributed by atoms with Gasteiger partial charge in [-0.3, -0.25) is 4.99 Å². The molecule has 2 aromatic rings. The Morgan fingerprint density at radius 2 is 1.84 bits per heavy atom. The Hall–Kier alpha value is -3.03. The third-order valence-electron chi connectivity index (χ3n) is 5.90. The van der Waals surface area contributed by atoms with Gasteiger partial charge >= 0.3 is 0 Å². The van der Waals surface area contributed by atoms with Gasteiger partial charge in [-0.1, -0.05) is 6.07 Å². The summed E-state index contributed by atoms with van der Waals surface area (Å²) in [6.07, 6.45) is 8.61. The SMILES string of the molecule is CN=C(NCc1ccc(OC)c(OC2CCCC2)c1)N1CCN(c2ncccn2)CC1. The first-order chi connectivity index (χ1) is 15.3. The number of piperazine rings is 1. The van der Waals surface area contributed by atoms with Crippen molar-refractivity contribution in [2.75, 3.05) is 45.2 Å². The molecule has 166 valence electrons. The number of methoxy groups -OCH3 is 1. The Morgan fingerprint density at radius 1 is 1.10 bits per heavy atom. The van der Waals surface area contributed by atoms with Crippen molar-refractivity contribution < 1.29 is 9.47 Å². The number of anilines is 1. The van der Waals surface area contributed by atoms with Crippen LogP contribution in [0.4, 0.5) is 5.95 Å². The monoisotopic (exact) mass is 424 g/mol. The van der Waals surface area contributed by atoms with Gasteiger partial charge in [0, 0.05) is 52.2 Å². The van der Waals surface area contributed by atoms with Crippen LogP contribution in [0.3, 0.4) is 0 Å². The van der Waals surface area contributed by atoms with Crippen LogP contribution in [-0.4, -0.2) is 67.3 Å². The third kappa shape index (κ3) is 5.37. The van der Waals surface area contributed by atoms with Gasteiger partial charge in [0.05, 0.1) is 13.2 Å². The number of ether oxygens (including phenoxy) is 2. The lowest BCUT2D eigenvalue weighted by atomic mass is 10.2. The van der Waals surface area contributed by atoms with Crippen LogP contribution in [0.25, 0.3) is 0 Å². The molecule has 1 aliphatic carbocycles. The second kappa shape index (κ2) is 10.3. The Bertz CT molecular complexity index is 862. The number of nitrogens with zero attached hydrogens (tertiary/aromatic N) is 5. The average molecular weight is 425 g/mol. The van der Waals surface area contributed by atoms with E-state index in [0.29, 0.717) is 12.6 Å². The van der Waals surface area contributed by atoms with E-state index in [4.69, 9.17) is 9.47 Å². The van der Waals surface area contributed by atoms with Crippen LogP contribution in [0.2, 0.25) is 0 Å². The molecule has 2 aliphatic rings. The molecule has 0 amide bonds. The summed E-state index contributed by atoms with van der Waals surface area (Å²) in [5.74, 6) is 3.32. The highest BCUT2D eigenvalue weighted by atomic mass is 16.5. The number of rotatable bonds is 6. The van der Waals surface area contributed by atoms with Crippen molar-refractivity contribution in [2.24, 2.45) is 4.99 Å². The van der Waals surface area contributed by atoms with Gasteiger partial charge in [-0.05, 0) is 49.4 Å². The first-order valence-electron chi connectivity index (χ1n) is 11.1. The fourth-order valence-corrected chi connectivity index (χ4v) is 4.20. The summed E-state index contributed by atoms with van der Waals surface area (Å²) in [6, 6.07) is 7.99. The van der Waals surface area contributed by atoms with Gasteiger partial charge in [0.15, 0.2) is 17.5 Å². The van der Waals surface area contributed by atoms with Crippen LogP contribution in [0.1, 0.15) is 31.2 Å². The fourth-order valence-electron chi connectivity index (χ4n) is 4.20. The van der Waals surface area contributed by atoms with Gasteiger partial charge < -0.3 is 24.6 Å². The van der Waals surface area contributed by atoms with Crippen LogP contribution < -0.4 is 19.7 Å². The molecule has 0 radical (unpaired) electrons. The van der Waals surface area contributed by atoms with Crippen LogP contribution >= 0.6 is 0 Å². The highest BCUT2D eigenvalue weighted by Crippen LogP contribution is 2.32. The van der Waals surface area contributed by atoms with Crippen molar-refractivity contribution in [3.05, 3.63) is 42.2 Å². The van der Waals surface area contributed by atoms with Gasteiger partial charge in [0.1, 0.15) is 0 Å². The maximum Gasteiger partial charge on any atom is 0.225 e. The van der Waals surface area contributed by atoms with Gasteiger partial charge in [-0.25, -0.2) is 9.97 Å². The van der Waals surface area contributed by atoms with Crippen molar-refractivity contribution >= 4 is 11.9 Å². The molecule has 8 heteroatoms. The van der Waals surface area contributed by atoms with E-state index in [0.717, 1.165) is 68.0 Å². The summed E-state index contributed by atoms with van der Waals surface area (Å²) in [6.45, 7) is 4.16. The molecule has 1 aromatic carbocycles. The van der Waals surface area contributed by atoms with E-state index in [1.807, 2.05) is 19.2 Å². The highest BCUT2D eigenvalue weighted by Gasteiger charge is 2.22. The van der Waals surface area contributed by atoms with Crippen LogP contribution in [0.5, 0.6) is 11.5 Å². The van der Waals surface area contributed by atoms with Crippen molar-refractivity contribution in [3.63, 3.8) is 0 Å². The van der Waals surface area contributed by atoms with E-state index >= 15 is 0 Å². The third-order valence-corrected chi connectivity index (χ3v) is 5.90. The number of hydrogen-bond acceptors (Lipinski definition) is 6. The molecule has 1 aliphatic heterocycles. The first-order valence-corrected chi connectivity index (χ1v) is 11.1. The van der Waals surface area contributed by atoms with E-state index in [9.17, 15) is 0 Å². The van der Waals surface area contributed by atoms with Crippen LogP contribution in [0.15, 0.2) is 41.7 Å². The smallest absolute Gasteiger partial charge is 0.225 e. The summed E-state index contributed by atoms with van der Waals surface area (Å²) in [7, 11) is 3.52. The van der Waals surface area contributed by atoms with Crippen LogP contribution in [0, 0.1) is 0 Å². The number of aliphatic imine (C=N–C) groups is 1. The zero-order valence-corrected chi connectivity index (χ0v) is 18.5. The summed E-state index contributed by atoms with van der Waals surface area (Å²) in [5, 5.41) is 3.50. The Morgan fingerprint density at radius 3 is 2.52 bits per heavy atom. The quantitative estimate of drug-likeness (QED) is 0.564.